The van der Waals surface area contributed by atoms with E-state index in [0.29, 0.717) is 22.1 Å². The van der Waals surface area contributed by atoms with E-state index in [1.807, 2.05) is 0 Å². The van der Waals surface area contributed by atoms with Crippen LogP contribution in [0.1, 0.15) is 39.6 Å². The van der Waals surface area contributed by atoms with E-state index in [4.69, 9.17) is 16.3 Å². The SMILES string of the molecule is C[C@H](NC(=O)OC(C)(C)C)c1nc2cccc(F)c2c(=O)n1-c1cccc(NC(=O)Nc2ccccc2Cl)c1. The Balaban J connectivity index is 1.73. The first-order valence-corrected chi connectivity index (χ1v) is 12.4. The molecule has 4 aromatic rings. The van der Waals surface area contributed by atoms with Gasteiger partial charge in [0.05, 0.1) is 28.0 Å². The number of carbonyl (C=O) groups is 2. The number of nitrogens with zero attached hydrogens (tertiary/aromatic N) is 2. The highest BCUT2D eigenvalue weighted by Gasteiger charge is 2.24. The zero-order valence-corrected chi connectivity index (χ0v) is 22.5. The van der Waals surface area contributed by atoms with Crippen LogP contribution in [0.5, 0.6) is 0 Å². The lowest BCUT2D eigenvalue weighted by Crippen LogP contribution is -2.37. The van der Waals surface area contributed by atoms with Gasteiger partial charge in [0.2, 0.25) is 0 Å². The van der Waals surface area contributed by atoms with Gasteiger partial charge >= 0.3 is 12.1 Å². The Morgan fingerprint density at radius 2 is 1.74 bits per heavy atom. The Labute approximate surface area is 229 Å². The fourth-order valence-electron chi connectivity index (χ4n) is 3.87. The minimum Gasteiger partial charge on any atom is -0.444 e. The van der Waals surface area contributed by atoms with Crippen LogP contribution in [-0.4, -0.2) is 27.3 Å². The quantitative estimate of drug-likeness (QED) is 0.265. The molecular weight excluding hydrogens is 525 g/mol. The summed E-state index contributed by atoms with van der Waals surface area (Å²) in [5, 5.41) is 8.19. The van der Waals surface area contributed by atoms with E-state index in [9.17, 15) is 18.8 Å². The number of ether oxygens (including phenoxy) is 1. The molecule has 1 atom stereocenters. The Hall–Kier alpha value is -4.44. The van der Waals surface area contributed by atoms with Crippen LogP contribution < -0.4 is 21.5 Å². The molecule has 3 amide bonds. The molecule has 39 heavy (non-hydrogen) atoms. The average Bonchev–Trinajstić information content (AvgIpc) is 2.84. The highest BCUT2D eigenvalue weighted by molar-refractivity contribution is 6.33. The summed E-state index contributed by atoms with van der Waals surface area (Å²) in [5.41, 5.74) is -0.227. The number of carbonyl (C=O) groups excluding carboxylic acids is 2. The maximum atomic E-state index is 14.7. The van der Waals surface area contributed by atoms with Gasteiger partial charge in [-0.05, 0) is 70.2 Å². The number of rotatable bonds is 5. The number of halogens is 2. The number of benzene rings is 3. The lowest BCUT2D eigenvalue weighted by atomic mass is 10.2. The molecule has 0 aliphatic rings. The summed E-state index contributed by atoms with van der Waals surface area (Å²) in [6, 6.07) is 15.9. The predicted octanol–water partition coefficient (Wildman–Crippen LogP) is 6.41. The van der Waals surface area contributed by atoms with Gasteiger partial charge < -0.3 is 20.7 Å². The average molecular weight is 552 g/mol. The van der Waals surface area contributed by atoms with Crippen LogP contribution in [0.2, 0.25) is 5.02 Å². The normalized spacial score (nSPS) is 12.1. The topological polar surface area (TPSA) is 114 Å². The van der Waals surface area contributed by atoms with Gasteiger partial charge in [-0.2, -0.15) is 0 Å². The molecule has 11 heteroatoms. The third kappa shape index (κ3) is 6.53. The van der Waals surface area contributed by atoms with Crippen LogP contribution in [0.15, 0.2) is 71.5 Å². The first-order chi connectivity index (χ1) is 18.4. The van der Waals surface area contributed by atoms with Gasteiger partial charge in [0.25, 0.3) is 5.56 Å². The number of para-hydroxylation sites is 1. The number of amides is 3. The van der Waals surface area contributed by atoms with Crippen molar-refractivity contribution in [1.82, 2.24) is 14.9 Å². The van der Waals surface area contributed by atoms with E-state index in [0.717, 1.165) is 0 Å². The number of anilines is 2. The van der Waals surface area contributed by atoms with Crippen LogP contribution in [0, 0.1) is 5.82 Å². The second-order valence-electron chi connectivity index (χ2n) is 9.72. The number of alkyl carbamates (subject to hydrolysis) is 1. The van der Waals surface area contributed by atoms with Gasteiger partial charge in [0, 0.05) is 5.69 Å². The van der Waals surface area contributed by atoms with Crippen LogP contribution >= 0.6 is 11.6 Å². The molecule has 0 radical (unpaired) electrons. The van der Waals surface area contributed by atoms with Crippen molar-refractivity contribution in [3.8, 4) is 5.69 Å². The lowest BCUT2D eigenvalue weighted by molar-refractivity contribution is 0.0505. The molecule has 0 aliphatic heterocycles. The number of hydrogen-bond donors (Lipinski definition) is 3. The highest BCUT2D eigenvalue weighted by Crippen LogP contribution is 2.23. The highest BCUT2D eigenvalue weighted by atomic mass is 35.5. The molecule has 0 spiro atoms. The van der Waals surface area contributed by atoms with Crippen molar-refractivity contribution in [1.29, 1.82) is 0 Å². The smallest absolute Gasteiger partial charge is 0.408 e. The fraction of sp³-hybridized carbons (Fsp3) is 0.214. The molecule has 0 aliphatic carbocycles. The van der Waals surface area contributed by atoms with Gasteiger partial charge in [0.1, 0.15) is 22.6 Å². The summed E-state index contributed by atoms with van der Waals surface area (Å²) in [5.74, 6) is -0.590. The number of hydrogen-bond acceptors (Lipinski definition) is 5. The van der Waals surface area contributed by atoms with Crippen molar-refractivity contribution in [2.45, 2.75) is 39.3 Å². The summed E-state index contributed by atoms with van der Waals surface area (Å²) >= 11 is 6.12. The molecule has 3 N–H and O–H groups in total. The van der Waals surface area contributed by atoms with Crippen molar-refractivity contribution >= 4 is 46.0 Å². The van der Waals surface area contributed by atoms with Crippen molar-refractivity contribution < 1.29 is 18.7 Å². The van der Waals surface area contributed by atoms with Crippen molar-refractivity contribution in [3.63, 3.8) is 0 Å². The predicted molar refractivity (Wildman–Crippen MR) is 149 cm³/mol. The number of urea groups is 1. The van der Waals surface area contributed by atoms with E-state index in [1.165, 1.54) is 28.8 Å². The summed E-state index contributed by atoms with van der Waals surface area (Å²) in [4.78, 5) is 43.2. The summed E-state index contributed by atoms with van der Waals surface area (Å²) in [6.07, 6.45) is -0.707. The molecule has 9 nitrogen and oxygen atoms in total. The summed E-state index contributed by atoms with van der Waals surface area (Å²) in [6.45, 7) is 6.81. The largest absolute Gasteiger partial charge is 0.444 e. The zero-order chi connectivity index (χ0) is 28.3. The maximum Gasteiger partial charge on any atom is 0.408 e. The van der Waals surface area contributed by atoms with Crippen LogP contribution in [0.25, 0.3) is 16.6 Å². The first-order valence-electron chi connectivity index (χ1n) is 12.1. The van der Waals surface area contributed by atoms with E-state index < -0.39 is 35.1 Å². The monoisotopic (exact) mass is 551 g/mol. The second kappa shape index (κ2) is 11.1. The molecule has 0 fully saturated rings. The Morgan fingerprint density at radius 3 is 2.46 bits per heavy atom. The lowest BCUT2D eigenvalue weighted by Gasteiger charge is -2.23. The Bertz CT molecular complexity index is 1620. The zero-order valence-electron chi connectivity index (χ0n) is 21.7. The molecule has 0 unspecified atom stereocenters. The summed E-state index contributed by atoms with van der Waals surface area (Å²) < 4.78 is 21.3. The minimum atomic E-state index is -0.805. The van der Waals surface area contributed by atoms with Gasteiger partial charge in [-0.3, -0.25) is 9.36 Å². The van der Waals surface area contributed by atoms with Gasteiger partial charge in [-0.25, -0.2) is 19.0 Å². The van der Waals surface area contributed by atoms with E-state index >= 15 is 0 Å². The minimum absolute atomic E-state index is 0.137. The van der Waals surface area contributed by atoms with E-state index in [2.05, 4.69) is 20.9 Å². The number of aromatic nitrogens is 2. The first kappa shape index (κ1) is 27.6. The van der Waals surface area contributed by atoms with Crippen LogP contribution in [0.3, 0.4) is 0 Å². The van der Waals surface area contributed by atoms with Crippen molar-refractivity contribution in [3.05, 3.63) is 93.7 Å². The molecule has 1 heterocycles. The Kier molecular flexibility index (Phi) is 7.87. The standard InChI is InChI=1S/C28H27ClFN5O4/c1-16(31-27(38)39-28(2,3)4)24-33-22-14-8-12-20(30)23(22)25(36)35(24)18-10-7-9-17(15-18)32-26(37)34-21-13-6-5-11-19(21)29/h5-16H,1-4H3,(H,31,38)(H2,32,34,37)/t16-/m0/s1. The number of nitrogens with one attached hydrogen (secondary N) is 3. The molecule has 0 bridgehead atoms. The molecule has 4 rings (SSSR count). The van der Waals surface area contributed by atoms with E-state index in [1.54, 1.807) is 70.2 Å². The molecule has 0 saturated carbocycles. The fourth-order valence-corrected chi connectivity index (χ4v) is 4.05. The molecule has 3 aromatic carbocycles. The van der Waals surface area contributed by atoms with E-state index in [-0.39, 0.29) is 16.7 Å². The van der Waals surface area contributed by atoms with Gasteiger partial charge in [-0.15, -0.1) is 0 Å². The van der Waals surface area contributed by atoms with Crippen molar-refractivity contribution in [2.75, 3.05) is 10.6 Å². The molecule has 202 valence electrons. The van der Waals surface area contributed by atoms with Gasteiger partial charge in [-0.1, -0.05) is 35.9 Å². The van der Waals surface area contributed by atoms with Gasteiger partial charge in [0.15, 0.2) is 0 Å². The third-order valence-electron chi connectivity index (χ3n) is 5.48. The maximum absolute atomic E-state index is 14.7. The molecular formula is C28H27ClFN5O4. The van der Waals surface area contributed by atoms with Crippen molar-refractivity contribution in [2.24, 2.45) is 0 Å². The molecule has 0 saturated heterocycles. The summed E-state index contributed by atoms with van der Waals surface area (Å²) in [7, 11) is 0. The molecule has 1 aromatic heterocycles. The van der Waals surface area contributed by atoms with Crippen LogP contribution in [-0.2, 0) is 4.74 Å². The van der Waals surface area contributed by atoms with Crippen LogP contribution in [0.4, 0.5) is 25.4 Å². The second-order valence-corrected chi connectivity index (χ2v) is 10.1. The Morgan fingerprint density at radius 1 is 1.03 bits per heavy atom. The number of fused-ring (bicyclic) bond motifs is 1. The third-order valence-corrected chi connectivity index (χ3v) is 5.81.